The number of hydrogen-bond acceptors (Lipinski definition) is 1. The molecule has 1 unspecified atom stereocenters. The molecule has 1 N–H and O–H groups in total. The number of hydrogen-bond donors (Lipinski definition) is 1. The van der Waals surface area contributed by atoms with E-state index >= 15 is 0 Å². The Bertz CT molecular complexity index is 599. The third-order valence-corrected chi connectivity index (χ3v) is 4.29. The van der Waals surface area contributed by atoms with Crippen LogP contribution in [0.3, 0.4) is 0 Å². The zero-order valence-electron chi connectivity index (χ0n) is 10.8. The van der Waals surface area contributed by atoms with E-state index in [2.05, 4.69) is 43.8 Å². The SMILES string of the molecule is CCNC(c1cc(F)cc(F)c1)c1cc(I)ccc1Br. The first-order valence-corrected chi connectivity index (χ1v) is 8.02. The van der Waals surface area contributed by atoms with E-state index in [0.717, 1.165) is 19.7 Å². The number of rotatable bonds is 4. The van der Waals surface area contributed by atoms with Crippen molar-refractivity contribution in [3.63, 3.8) is 0 Å². The second-order valence-electron chi connectivity index (χ2n) is 4.36. The summed E-state index contributed by atoms with van der Waals surface area (Å²) in [5.74, 6) is -1.13. The van der Waals surface area contributed by atoms with Crippen LogP contribution in [0.2, 0.25) is 0 Å². The van der Waals surface area contributed by atoms with Gasteiger partial charge in [0.1, 0.15) is 11.6 Å². The van der Waals surface area contributed by atoms with E-state index in [4.69, 9.17) is 0 Å². The molecule has 2 aromatic rings. The van der Waals surface area contributed by atoms with Crippen molar-refractivity contribution in [2.75, 3.05) is 6.54 Å². The maximum Gasteiger partial charge on any atom is 0.126 e. The average Bonchev–Trinajstić information content (AvgIpc) is 2.38. The van der Waals surface area contributed by atoms with Crippen LogP contribution >= 0.6 is 38.5 Å². The Morgan fingerprint density at radius 3 is 2.40 bits per heavy atom. The van der Waals surface area contributed by atoms with Gasteiger partial charge in [-0.1, -0.05) is 22.9 Å². The molecular formula is C15H13BrF2IN. The second-order valence-corrected chi connectivity index (χ2v) is 6.46. The van der Waals surface area contributed by atoms with Crippen molar-refractivity contribution in [1.82, 2.24) is 5.32 Å². The molecule has 0 aliphatic carbocycles. The van der Waals surface area contributed by atoms with E-state index in [-0.39, 0.29) is 6.04 Å². The van der Waals surface area contributed by atoms with Gasteiger partial charge in [-0.2, -0.15) is 0 Å². The van der Waals surface area contributed by atoms with Crippen molar-refractivity contribution in [2.24, 2.45) is 0 Å². The molecule has 5 heteroatoms. The Morgan fingerprint density at radius 1 is 1.15 bits per heavy atom. The maximum atomic E-state index is 13.4. The van der Waals surface area contributed by atoms with Crippen LogP contribution in [0, 0.1) is 15.2 Å². The molecule has 0 aromatic heterocycles. The summed E-state index contributed by atoms with van der Waals surface area (Å²) in [4.78, 5) is 0. The summed E-state index contributed by atoms with van der Waals surface area (Å²) in [6.07, 6.45) is 0. The highest BCUT2D eigenvalue weighted by atomic mass is 127. The molecule has 0 radical (unpaired) electrons. The molecule has 0 aliphatic heterocycles. The molecule has 20 heavy (non-hydrogen) atoms. The Morgan fingerprint density at radius 2 is 1.80 bits per heavy atom. The van der Waals surface area contributed by atoms with Crippen molar-refractivity contribution < 1.29 is 8.78 Å². The fourth-order valence-electron chi connectivity index (χ4n) is 2.09. The van der Waals surface area contributed by atoms with E-state index in [1.54, 1.807) is 0 Å². The molecule has 0 saturated carbocycles. The van der Waals surface area contributed by atoms with Gasteiger partial charge in [0, 0.05) is 14.1 Å². The van der Waals surface area contributed by atoms with E-state index in [9.17, 15) is 8.78 Å². The molecule has 0 fully saturated rings. The molecule has 0 heterocycles. The summed E-state index contributed by atoms with van der Waals surface area (Å²) in [5.41, 5.74) is 1.54. The molecule has 0 amide bonds. The van der Waals surface area contributed by atoms with Gasteiger partial charge in [-0.3, -0.25) is 0 Å². The van der Waals surface area contributed by atoms with Gasteiger partial charge in [-0.25, -0.2) is 8.78 Å². The molecule has 0 spiro atoms. The predicted molar refractivity (Wildman–Crippen MR) is 88.7 cm³/mol. The number of nitrogens with one attached hydrogen (secondary N) is 1. The summed E-state index contributed by atoms with van der Waals surface area (Å²) >= 11 is 5.72. The highest BCUT2D eigenvalue weighted by Gasteiger charge is 2.18. The Labute approximate surface area is 139 Å². The van der Waals surface area contributed by atoms with Crippen LogP contribution in [0.25, 0.3) is 0 Å². The Balaban J connectivity index is 2.52. The van der Waals surface area contributed by atoms with E-state index < -0.39 is 11.6 Å². The summed E-state index contributed by atoms with van der Waals surface area (Å²) in [5, 5.41) is 3.27. The summed E-state index contributed by atoms with van der Waals surface area (Å²) < 4.78 is 28.9. The van der Waals surface area contributed by atoms with Crippen molar-refractivity contribution >= 4 is 38.5 Å². The van der Waals surface area contributed by atoms with Gasteiger partial charge in [-0.05, 0) is 70.6 Å². The number of benzene rings is 2. The first-order chi connectivity index (χ1) is 9.51. The van der Waals surface area contributed by atoms with E-state index in [0.29, 0.717) is 12.1 Å². The summed E-state index contributed by atoms with van der Waals surface area (Å²) in [7, 11) is 0. The fourth-order valence-corrected chi connectivity index (χ4v) is 3.08. The molecular weight excluding hydrogens is 439 g/mol. The molecule has 2 aromatic carbocycles. The topological polar surface area (TPSA) is 12.0 Å². The van der Waals surface area contributed by atoms with Crippen molar-refractivity contribution in [3.8, 4) is 0 Å². The minimum atomic E-state index is -0.565. The highest BCUT2D eigenvalue weighted by molar-refractivity contribution is 14.1. The molecule has 0 bridgehead atoms. The zero-order chi connectivity index (χ0) is 14.7. The fraction of sp³-hybridized carbons (Fsp3) is 0.200. The molecule has 1 nitrogen and oxygen atoms in total. The first kappa shape index (κ1) is 15.9. The first-order valence-electron chi connectivity index (χ1n) is 6.15. The molecule has 106 valence electrons. The minimum Gasteiger partial charge on any atom is -0.306 e. The quantitative estimate of drug-likeness (QED) is 0.643. The van der Waals surface area contributed by atoms with Crippen LogP contribution in [0.5, 0.6) is 0 Å². The third-order valence-electron chi connectivity index (χ3n) is 2.90. The molecule has 0 aliphatic rings. The van der Waals surface area contributed by atoms with Gasteiger partial charge >= 0.3 is 0 Å². The second kappa shape index (κ2) is 6.95. The van der Waals surface area contributed by atoms with Crippen molar-refractivity contribution in [3.05, 3.63) is 67.2 Å². The van der Waals surface area contributed by atoms with Crippen molar-refractivity contribution in [2.45, 2.75) is 13.0 Å². The maximum absolute atomic E-state index is 13.4. The van der Waals surface area contributed by atoms with Crippen LogP contribution in [0.15, 0.2) is 40.9 Å². The van der Waals surface area contributed by atoms with Crippen molar-refractivity contribution in [1.29, 1.82) is 0 Å². The lowest BCUT2D eigenvalue weighted by molar-refractivity contribution is 0.565. The monoisotopic (exact) mass is 451 g/mol. The Hall–Kier alpha value is -0.530. The predicted octanol–water partition coefficient (Wildman–Crippen LogP) is 5.03. The molecule has 1 atom stereocenters. The third kappa shape index (κ3) is 3.77. The molecule has 0 saturated heterocycles. The van der Waals surface area contributed by atoms with E-state index in [1.807, 2.05) is 25.1 Å². The standard InChI is InChI=1S/C15H13BrF2IN/c1-2-20-15(9-5-10(17)7-11(18)6-9)13-8-12(19)3-4-14(13)16/h3-8,15,20H,2H2,1H3. The summed E-state index contributed by atoms with van der Waals surface area (Å²) in [6.45, 7) is 2.66. The lowest BCUT2D eigenvalue weighted by Crippen LogP contribution is -2.22. The smallest absolute Gasteiger partial charge is 0.126 e. The normalized spacial score (nSPS) is 12.4. The van der Waals surface area contributed by atoms with Gasteiger partial charge < -0.3 is 5.32 Å². The van der Waals surface area contributed by atoms with Gasteiger partial charge in [0.25, 0.3) is 0 Å². The van der Waals surface area contributed by atoms with Crippen LogP contribution in [-0.2, 0) is 0 Å². The highest BCUT2D eigenvalue weighted by Crippen LogP contribution is 2.30. The van der Waals surface area contributed by atoms with Crippen LogP contribution in [-0.4, -0.2) is 6.54 Å². The largest absolute Gasteiger partial charge is 0.306 e. The van der Waals surface area contributed by atoms with Gasteiger partial charge in [0.15, 0.2) is 0 Å². The molecule has 2 rings (SSSR count). The lowest BCUT2D eigenvalue weighted by atomic mass is 9.98. The average molecular weight is 452 g/mol. The van der Waals surface area contributed by atoms with Crippen LogP contribution in [0.1, 0.15) is 24.1 Å². The Kier molecular flexibility index (Phi) is 5.51. The lowest BCUT2D eigenvalue weighted by Gasteiger charge is -2.21. The van der Waals surface area contributed by atoms with Crippen LogP contribution in [0.4, 0.5) is 8.78 Å². The summed E-state index contributed by atoms with van der Waals surface area (Å²) in [6, 6.07) is 9.28. The van der Waals surface area contributed by atoms with Gasteiger partial charge in [0.2, 0.25) is 0 Å². The zero-order valence-corrected chi connectivity index (χ0v) is 14.5. The van der Waals surface area contributed by atoms with Gasteiger partial charge in [-0.15, -0.1) is 0 Å². The van der Waals surface area contributed by atoms with Gasteiger partial charge in [0.05, 0.1) is 6.04 Å². The van der Waals surface area contributed by atoms with Crippen LogP contribution < -0.4 is 5.32 Å². The minimum absolute atomic E-state index is 0.255. The number of halogens is 4. The van der Waals surface area contributed by atoms with E-state index in [1.165, 1.54) is 12.1 Å².